The number of nitrogens with one attached hydrogen (secondary N) is 1. The third-order valence-electron chi connectivity index (χ3n) is 6.67. The molecule has 4 aromatic rings. The molecule has 0 radical (unpaired) electrons. The van der Waals surface area contributed by atoms with Gasteiger partial charge in [0.05, 0.1) is 48.1 Å². The third-order valence-corrected chi connectivity index (χ3v) is 6.67. The number of aliphatic hydroxyl groups is 1. The van der Waals surface area contributed by atoms with Crippen molar-refractivity contribution >= 4 is 17.2 Å². The molecule has 5 rings (SSSR count). The lowest BCUT2D eigenvalue weighted by atomic mass is 9.74. The normalized spacial score (nSPS) is 22.3. The van der Waals surface area contributed by atoms with E-state index in [4.69, 9.17) is 10.5 Å². The summed E-state index contributed by atoms with van der Waals surface area (Å²) in [6.07, 6.45) is 5.94. The van der Waals surface area contributed by atoms with E-state index in [1.807, 2.05) is 13.0 Å². The largest absolute Gasteiger partial charge is 0.497 e. The Bertz CT molecular complexity index is 1340. The summed E-state index contributed by atoms with van der Waals surface area (Å²) in [6, 6.07) is 7.09. The van der Waals surface area contributed by atoms with Crippen LogP contribution < -0.4 is 15.8 Å². The number of benzene rings is 1. The number of nitrogens with zero attached hydrogens (tertiary/aromatic N) is 4. The SMILES string of the molecule is COc1cc(F)c(-c2ccc3cnc(Nc4cnccc4[C@H]4C[C@@H](N)[C@@H](O)[C@@H](C)C4)n3n2)c(F)c1. The number of ether oxygens (including phenoxy) is 1. The average Bonchev–Trinajstić information content (AvgIpc) is 3.24. The fourth-order valence-corrected chi connectivity index (χ4v) is 4.83. The van der Waals surface area contributed by atoms with Crippen molar-refractivity contribution in [2.24, 2.45) is 11.7 Å². The number of hydrogen-bond acceptors (Lipinski definition) is 7. The van der Waals surface area contributed by atoms with E-state index >= 15 is 0 Å². The van der Waals surface area contributed by atoms with Crippen molar-refractivity contribution < 1.29 is 18.6 Å². The predicted octanol–water partition coefficient (Wildman–Crippen LogP) is 4.02. The van der Waals surface area contributed by atoms with E-state index in [1.54, 1.807) is 30.7 Å². The van der Waals surface area contributed by atoms with Crippen molar-refractivity contribution in [3.63, 3.8) is 0 Å². The van der Waals surface area contributed by atoms with E-state index in [0.29, 0.717) is 17.9 Å². The predicted molar refractivity (Wildman–Crippen MR) is 128 cm³/mol. The fourth-order valence-electron chi connectivity index (χ4n) is 4.83. The molecule has 0 amide bonds. The highest BCUT2D eigenvalue weighted by Crippen LogP contribution is 2.39. The van der Waals surface area contributed by atoms with Crippen LogP contribution >= 0.6 is 0 Å². The number of methoxy groups -OCH3 is 1. The fraction of sp³-hybridized carbons (Fsp3) is 0.320. The molecule has 3 heterocycles. The first-order valence-corrected chi connectivity index (χ1v) is 11.4. The number of imidazole rings is 1. The van der Waals surface area contributed by atoms with Crippen LogP contribution in [0.15, 0.2) is 48.9 Å². The third kappa shape index (κ3) is 4.30. The summed E-state index contributed by atoms with van der Waals surface area (Å²) in [5.74, 6) is -0.894. The van der Waals surface area contributed by atoms with Crippen LogP contribution in [-0.4, -0.2) is 43.9 Å². The van der Waals surface area contributed by atoms with Gasteiger partial charge in [0.1, 0.15) is 17.4 Å². The van der Waals surface area contributed by atoms with Crippen LogP contribution in [0, 0.1) is 17.6 Å². The molecule has 8 nitrogen and oxygen atoms in total. The molecule has 10 heteroatoms. The zero-order valence-corrected chi connectivity index (χ0v) is 19.3. The highest BCUT2D eigenvalue weighted by atomic mass is 19.1. The van der Waals surface area contributed by atoms with Crippen LogP contribution in [-0.2, 0) is 0 Å². The molecule has 1 aliphatic carbocycles. The topological polar surface area (TPSA) is 111 Å². The summed E-state index contributed by atoms with van der Waals surface area (Å²) in [4.78, 5) is 8.66. The summed E-state index contributed by atoms with van der Waals surface area (Å²) < 4.78 is 35.8. The van der Waals surface area contributed by atoms with Gasteiger partial charge in [0.15, 0.2) is 0 Å². The lowest BCUT2D eigenvalue weighted by Gasteiger charge is -2.36. The molecule has 0 unspecified atom stereocenters. The minimum Gasteiger partial charge on any atom is -0.497 e. The van der Waals surface area contributed by atoms with Crippen LogP contribution in [0.25, 0.3) is 16.8 Å². The number of nitrogens with two attached hydrogens (primary N) is 1. The Hall–Kier alpha value is -3.63. The number of fused-ring (bicyclic) bond motifs is 1. The number of pyridine rings is 1. The Morgan fingerprint density at radius 2 is 1.91 bits per heavy atom. The summed E-state index contributed by atoms with van der Waals surface area (Å²) in [7, 11) is 1.35. The zero-order chi connectivity index (χ0) is 24.7. The molecule has 3 aromatic heterocycles. The maximum atomic E-state index is 14.7. The van der Waals surface area contributed by atoms with Crippen molar-refractivity contribution in [1.82, 2.24) is 19.6 Å². The molecule has 4 N–H and O–H groups in total. The number of rotatable bonds is 5. The van der Waals surface area contributed by atoms with Gasteiger partial charge in [-0.15, -0.1) is 0 Å². The minimum absolute atomic E-state index is 0.0653. The maximum absolute atomic E-state index is 14.7. The molecule has 35 heavy (non-hydrogen) atoms. The number of aliphatic hydroxyl groups excluding tert-OH is 1. The van der Waals surface area contributed by atoms with E-state index in [9.17, 15) is 13.9 Å². The molecule has 0 spiro atoms. The van der Waals surface area contributed by atoms with E-state index in [0.717, 1.165) is 29.8 Å². The Balaban J connectivity index is 1.50. The molecule has 0 saturated heterocycles. The lowest BCUT2D eigenvalue weighted by Crippen LogP contribution is -2.44. The van der Waals surface area contributed by atoms with Gasteiger partial charge in [-0.25, -0.2) is 13.8 Å². The molecule has 1 saturated carbocycles. The molecule has 1 fully saturated rings. The highest BCUT2D eigenvalue weighted by Gasteiger charge is 2.34. The second-order valence-corrected chi connectivity index (χ2v) is 8.99. The first-order valence-electron chi connectivity index (χ1n) is 11.4. The van der Waals surface area contributed by atoms with Crippen molar-refractivity contribution in [2.75, 3.05) is 12.4 Å². The molecule has 4 atom stereocenters. The van der Waals surface area contributed by atoms with Crippen molar-refractivity contribution in [2.45, 2.75) is 37.8 Å². The number of aromatic nitrogens is 4. The second kappa shape index (κ2) is 9.20. The van der Waals surface area contributed by atoms with Crippen LogP contribution in [0.5, 0.6) is 5.75 Å². The van der Waals surface area contributed by atoms with Gasteiger partial charge in [0, 0.05) is 24.4 Å². The maximum Gasteiger partial charge on any atom is 0.229 e. The number of anilines is 2. The van der Waals surface area contributed by atoms with Crippen LogP contribution in [0.1, 0.15) is 31.2 Å². The number of halogens is 2. The summed E-state index contributed by atoms with van der Waals surface area (Å²) in [5, 5.41) is 18.0. The van der Waals surface area contributed by atoms with Gasteiger partial charge in [0.2, 0.25) is 5.95 Å². The van der Waals surface area contributed by atoms with Crippen LogP contribution in [0.2, 0.25) is 0 Å². The van der Waals surface area contributed by atoms with E-state index in [1.165, 1.54) is 11.6 Å². The molecular weight excluding hydrogens is 454 g/mol. The lowest BCUT2D eigenvalue weighted by molar-refractivity contribution is 0.0521. The Kier molecular flexibility index (Phi) is 6.08. The molecule has 182 valence electrons. The smallest absolute Gasteiger partial charge is 0.229 e. The zero-order valence-electron chi connectivity index (χ0n) is 19.3. The Labute approximate surface area is 200 Å². The van der Waals surface area contributed by atoms with E-state index < -0.39 is 17.7 Å². The van der Waals surface area contributed by atoms with Crippen molar-refractivity contribution in [3.05, 3.63) is 66.1 Å². The summed E-state index contributed by atoms with van der Waals surface area (Å²) in [5.41, 5.74) is 8.44. The van der Waals surface area contributed by atoms with Crippen LogP contribution in [0.3, 0.4) is 0 Å². The molecule has 0 bridgehead atoms. The summed E-state index contributed by atoms with van der Waals surface area (Å²) in [6.45, 7) is 2.00. The van der Waals surface area contributed by atoms with Gasteiger partial charge in [-0.2, -0.15) is 9.61 Å². The molecular formula is C25H26F2N6O2. The first-order chi connectivity index (χ1) is 16.9. The van der Waals surface area contributed by atoms with Gasteiger partial charge in [-0.1, -0.05) is 6.92 Å². The van der Waals surface area contributed by atoms with Gasteiger partial charge >= 0.3 is 0 Å². The highest BCUT2D eigenvalue weighted by molar-refractivity contribution is 5.66. The minimum atomic E-state index is -0.775. The van der Waals surface area contributed by atoms with Gasteiger partial charge in [0.25, 0.3) is 0 Å². The van der Waals surface area contributed by atoms with Crippen LogP contribution in [0.4, 0.5) is 20.4 Å². The van der Waals surface area contributed by atoms with Crippen molar-refractivity contribution in [1.29, 1.82) is 0 Å². The van der Waals surface area contributed by atoms with Gasteiger partial charge in [-0.3, -0.25) is 4.98 Å². The Morgan fingerprint density at radius 3 is 2.63 bits per heavy atom. The quantitative estimate of drug-likeness (QED) is 0.396. The number of hydrogen-bond donors (Lipinski definition) is 3. The van der Waals surface area contributed by atoms with Crippen molar-refractivity contribution in [3.8, 4) is 17.0 Å². The molecule has 1 aliphatic rings. The standard InChI is InChI=1S/C25H26F2N6O2/c1-13-7-14(8-20(28)24(13)34)17-5-6-29-12-22(17)31-25-30-11-15-3-4-21(32-33(15)25)23-18(26)9-16(35-2)10-19(23)27/h3-6,9-14,20,24,34H,7-8,28H2,1-2H3,(H,30,31)/t13-,14+,20+,24-/m0/s1. The first kappa shape index (κ1) is 23.1. The second-order valence-electron chi connectivity index (χ2n) is 8.99. The molecule has 1 aromatic carbocycles. The summed E-state index contributed by atoms with van der Waals surface area (Å²) >= 11 is 0. The monoisotopic (exact) mass is 480 g/mol. The van der Waals surface area contributed by atoms with Gasteiger partial charge in [-0.05, 0) is 48.4 Å². The van der Waals surface area contributed by atoms with E-state index in [-0.39, 0.29) is 34.9 Å². The van der Waals surface area contributed by atoms with Gasteiger partial charge < -0.3 is 20.9 Å². The Morgan fingerprint density at radius 1 is 1.14 bits per heavy atom. The molecule has 0 aliphatic heterocycles. The van der Waals surface area contributed by atoms with E-state index in [2.05, 4.69) is 20.4 Å². The average molecular weight is 481 g/mol.